The molecule has 4 rings (SSSR count). The van der Waals surface area contributed by atoms with E-state index in [1.165, 1.54) is 0 Å². The third-order valence-corrected chi connectivity index (χ3v) is 5.81. The summed E-state index contributed by atoms with van der Waals surface area (Å²) in [5, 5.41) is 11.2. The van der Waals surface area contributed by atoms with Crippen LogP contribution in [0.15, 0.2) is 48.7 Å². The first-order valence-corrected chi connectivity index (χ1v) is 10.8. The Morgan fingerprint density at radius 1 is 1.12 bits per heavy atom. The SMILES string of the molecule is CC(C)Oc1cccc(CN2CCC(O)(Cn3cccc4cc(C(F)(F)F)nc3-4)CC2)c1. The van der Waals surface area contributed by atoms with Crippen molar-refractivity contribution in [3.8, 4) is 17.1 Å². The van der Waals surface area contributed by atoms with Gasteiger partial charge >= 0.3 is 6.18 Å². The lowest BCUT2D eigenvalue weighted by atomic mass is 9.90. The number of hydrogen-bond acceptors (Lipinski definition) is 4. The summed E-state index contributed by atoms with van der Waals surface area (Å²) in [6.45, 7) is 6.35. The Balaban J connectivity index is 1.40. The van der Waals surface area contributed by atoms with E-state index in [1.54, 1.807) is 22.9 Å². The first-order valence-electron chi connectivity index (χ1n) is 10.8. The number of benzene rings is 1. The monoisotopic (exact) mass is 447 g/mol. The van der Waals surface area contributed by atoms with E-state index in [2.05, 4.69) is 16.0 Å². The van der Waals surface area contributed by atoms with Gasteiger partial charge in [-0.15, -0.1) is 0 Å². The van der Waals surface area contributed by atoms with E-state index in [9.17, 15) is 18.3 Å². The lowest BCUT2D eigenvalue weighted by Crippen LogP contribution is -2.46. The van der Waals surface area contributed by atoms with Crippen molar-refractivity contribution in [2.45, 2.75) is 57.7 Å². The molecular formula is C24H28F3N3O2. The molecule has 0 atom stereocenters. The highest BCUT2D eigenvalue weighted by atomic mass is 19.4. The van der Waals surface area contributed by atoms with Crippen LogP contribution in [0.2, 0.25) is 0 Å². The van der Waals surface area contributed by atoms with Crippen LogP contribution in [0.25, 0.3) is 11.4 Å². The Morgan fingerprint density at radius 3 is 2.56 bits per heavy atom. The van der Waals surface area contributed by atoms with Gasteiger partial charge in [-0.1, -0.05) is 12.1 Å². The average molecular weight is 448 g/mol. The minimum Gasteiger partial charge on any atom is -0.491 e. The number of fused-ring (bicyclic) bond motifs is 1. The van der Waals surface area contributed by atoms with Gasteiger partial charge in [0.05, 0.1) is 18.2 Å². The van der Waals surface area contributed by atoms with Crippen LogP contribution in [0.4, 0.5) is 13.2 Å². The molecule has 0 spiro atoms. The molecule has 1 saturated heterocycles. The molecule has 0 bridgehead atoms. The number of alkyl halides is 3. The van der Waals surface area contributed by atoms with E-state index in [4.69, 9.17) is 4.74 Å². The maximum Gasteiger partial charge on any atom is 0.433 e. The van der Waals surface area contributed by atoms with Crippen molar-refractivity contribution in [1.82, 2.24) is 14.5 Å². The van der Waals surface area contributed by atoms with Crippen LogP contribution in [0, 0.1) is 0 Å². The number of ether oxygens (including phenoxy) is 1. The van der Waals surface area contributed by atoms with E-state index >= 15 is 0 Å². The lowest BCUT2D eigenvalue weighted by molar-refractivity contribution is -0.140. The zero-order valence-corrected chi connectivity index (χ0v) is 18.3. The van der Waals surface area contributed by atoms with Crippen LogP contribution >= 0.6 is 0 Å². The molecule has 3 aliphatic rings. The highest BCUT2D eigenvalue weighted by Crippen LogP contribution is 2.35. The molecule has 8 heteroatoms. The van der Waals surface area contributed by atoms with Crippen molar-refractivity contribution in [3.63, 3.8) is 0 Å². The predicted molar refractivity (Wildman–Crippen MR) is 116 cm³/mol. The lowest BCUT2D eigenvalue weighted by Gasteiger charge is -2.39. The molecular weight excluding hydrogens is 419 g/mol. The molecule has 3 aliphatic heterocycles. The number of rotatable bonds is 6. The number of hydrogen-bond donors (Lipinski definition) is 1. The van der Waals surface area contributed by atoms with Gasteiger partial charge in [0.2, 0.25) is 0 Å². The second-order valence-corrected chi connectivity index (χ2v) is 8.87. The van der Waals surface area contributed by atoms with Crippen molar-refractivity contribution in [2.24, 2.45) is 0 Å². The molecule has 0 aromatic heterocycles. The Labute approximate surface area is 185 Å². The molecule has 3 heterocycles. The van der Waals surface area contributed by atoms with Crippen LogP contribution in [0.3, 0.4) is 0 Å². The Hall–Kier alpha value is -2.58. The molecule has 1 aromatic rings. The number of likely N-dealkylation sites (tertiary alicyclic amines) is 1. The molecule has 172 valence electrons. The van der Waals surface area contributed by atoms with E-state index < -0.39 is 17.5 Å². The van der Waals surface area contributed by atoms with Crippen LogP contribution in [0.1, 0.15) is 37.9 Å². The quantitative estimate of drug-likeness (QED) is 0.589. The van der Waals surface area contributed by atoms with E-state index in [1.807, 2.05) is 32.0 Å². The number of nitrogens with zero attached hydrogens (tertiary/aromatic N) is 3. The Kier molecular flexibility index (Phi) is 6.18. The van der Waals surface area contributed by atoms with Gasteiger partial charge in [0.1, 0.15) is 17.3 Å². The Bertz CT molecular complexity index is 1020. The van der Waals surface area contributed by atoms with E-state index in [-0.39, 0.29) is 18.5 Å². The molecule has 32 heavy (non-hydrogen) atoms. The fourth-order valence-electron chi connectivity index (χ4n) is 4.22. The molecule has 0 amide bonds. The van der Waals surface area contributed by atoms with Gasteiger partial charge in [-0.25, -0.2) is 4.98 Å². The minimum atomic E-state index is -4.49. The first-order chi connectivity index (χ1) is 15.1. The maximum absolute atomic E-state index is 13.1. The number of aromatic nitrogens is 2. The van der Waals surface area contributed by atoms with Gasteiger partial charge in [-0.3, -0.25) is 4.90 Å². The zero-order valence-electron chi connectivity index (χ0n) is 18.3. The fourth-order valence-corrected chi connectivity index (χ4v) is 4.22. The molecule has 1 N–H and O–H groups in total. The molecule has 1 aromatic carbocycles. The normalized spacial score (nSPS) is 17.2. The average Bonchev–Trinajstić information content (AvgIpc) is 3.16. The minimum absolute atomic E-state index is 0.112. The van der Waals surface area contributed by atoms with Gasteiger partial charge < -0.3 is 14.4 Å². The summed E-state index contributed by atoms with van der Waals surface area (Å²) in [6, 6.07) is 12.4. The van der Waals surface area contributed by atoms with Crippen LogP contribution in [-0.4, -0.2) is 44.4 Å². The zero-order chi connectivity index (χ0) is 22.9. The number of aliphatic hydroxyl groups is 1. The van der Waals surface area contributed by atoms with Crippen LogP contribution in [-0.2, 0) is 19.3 Å². The number of halogens is 3. The molecule has 1 fully saturated rings. The van der Waals surface area contributed by atoms with Gasteiger partial charge in [0, 0.05) is 31.4 Å². The van der Waals surface area contributed by atoms with Gasteiger partial charge in [-0.2, -0.15) is 13.2 Å². The topological polar surface area (TPSA) is 50.5 Å². The molecule has 0 radical (unpaired) electrons. The van der Waals surface area contributed by atoms with Crippen LogP contribution in [0.5, 0.6) is 5.75 Å². The van der Waals surface area contributed by atoms with Gasteiger partial charge in [0.25, 0.3) is 0 Å². The van der Waals surface area contributed by atoms with Gasteiger partial charge in [0.15, 0.2) is 0 Å². The summed E-state index contributed by atoms with van der Waals surface area (Å²) in [4.78, 5) is 6.06. The summed E-state index contributed by atoms with van der Waals surface area (Å²) in [5.41, 5.74) is -0.328. The second-order valence-electron chi connectivity index (χ2n) is 8.87. The van der Waals surface area contributed by atoms with Crippen molar-refractivity contribution in [2.75, 3.05) is 13.1 Å². The molecule has 0 unspecified atom stereocenters. The second kappa shape index (κ2) is 8.75. The molecule has 0 aliphatic carbocycles. The smallest absolute Gasteiger partial charge is 0.433 e. The van der Waals surface area contributed by atoms with Crippen LogP contribution < -0.4 is 4.74 Å². The summed E-state index contributed by atoms with van der Waals surface area (Å²) in [7, 11) is 0. The predicted octanol–water partition coefficient (Wildman–Crippen LogP) is 4.82. The number of pyridine rings is 1. The first kappa shape index (κ1) is 22.6. The Morgan fingerprint density at radius 2 is 1.88 bits per heavy atom. The van der Waals surface area contributed by atoms with E-state index in [0.717, 1.165) is 23.9 Å². The summed E-state index contributed by atoms with van der Waals surface area (Å²) >= 11 is 0. The highest BCUT2D eigenvalue weighted by molar-refractivity contribution is 5.59. The summed E-state index contributed by atoms with van der Waals surface area (Å²) < 4.78 is 46.6. The standard InChI is InChI=1S/C24H28F3N3O2/c1-17(2)32-20-7-3-5-18(13-20)15-29-11-8-23(31,9-12-29)16-30-10-4-6-19-14-21(24(25,26)27)28-22(19)30/h3-7,10,13-14,17,31H,8-9,11-12,15-16H2,1-2H3. The third-order valence-electron chi connectivity index (χ3n) is 5.81. The van der Waals surface area contributed by atoms with Crippen molar-refractivity contribution in [3.05, 3.63) is 59.9 Å². The summed E-state index contributed by atoms with van der Waals surface area (Å²) in [6.07, 6.45) is -1.63. The largest absolute Gasteiger partial charge is 0.491 e. The third kappa shape index (κ3) is 5.24. The highest BCUT2D eigenvalue weighted by Gasteiger charge is 2.37. The van der Waals surface area contributed by atoms with Crippen molar-refractivity contribution in [1.29, 1.82) is 0 Å². The molecule has 0 saturated carbocycles. The fraction of sp³-hybridized carbons (Fsp3) is 0.458. The van der Waals surface area contributed by atoms with Crippen molar-refractivity contribution >= 4 is 0 Å². The van der Waals surface area contributed by atoms with Crippen molar-refractivity contribution < 1.29 is 23.0 Å². The van der Waals surface area contributed by atoms with E-state index in [0.29, 0.717) is 31.5 Å². The van der Waals surface area contributed by atoms with Gasteiger partial charge in [-0.05, 0) is 62.6 Å². The maximum atomic E-state index is 13.1. The summed E-state index contributed by atoms with van der Waals surface area (Å²) in [5.74, 6) is 1.09. The molecule has 5 nitrogen and oxygen atoms in total. The number of piperidine rings is 1.